The second-order valence-electron chi connectivity index (χ2n) is 7.06. The second-order valence-corrected chi connectivity index (χ2v) is 8.15. The van der Waals surface area contributed by atoms with Gasteiger partial charge in [0.05, 0.1) is 23.9 Å². The minimum atomic E-state index is -0.218. The van der Waals surface area contributed by atoms with Crippen LogP contribution in [-0.4, -0.2) is 34.9 Å². The third-order valence-corrected chi connectivity index (χ3v) is 6.57. The number of aryl methyl sites for hydroxylation is 2. The van der Waals surface area contributed by atoms with Gasteiger partial charge >= 0.3 is 0 Å². The van der Waals surface area contributed by atoms with Crippen LogP contribution in [0.5, 0.6) is 5.75 Å². The summed E-state index contributed by atoms with van der Waals surface area (Å²) in [6.45, 7) is -0.105. The fourth-order valence-electron chi connectivity index (χ4n) is 3.82. The Kier molecular flexibility index (Phi) is 3.83. The van der Waals surface area contributed by atoms with Crippen molar-refractivity contribution in [1.29, 1.82) is 0 Å². The van der Waals surface area contributed by atoms with Crippen LogP contribution in [0, 0.1) is 0 Å². The number of hydrogen-bond donors (Lipinski definition) is 0. The number of ketones is 1. The lowest BCUT2D eigenvalue weighted by atomic mass is 10.1. The number of aromatic nitrogens is 2. The number of ether oxygens (including phenoxy) is 1. The van der Waals surface area contributed by atoms with Crippen molar-refractivity contribution in [3.63, 3.8) is 0 Å². The average Bonchev–Trinajstić information content (AvgIpc) is 3.28. The highest BCUT2D eigenvalue weighted by molar-refractivity contribution is 7.18. The number of thiophene rings is 1. The summed E-state index contributed by atoms with van der Waals surface area (Å²) in [5.74, 6) is 0.173. The van der Waals surface area contributed by atoms with E-state index in [-0.39, 0.29) is 30.4 Å². The van der Waals surface area contributed by atoms with E-state index in [4.69, 9.17) is 4.74 Å². The van der Waals surface area contributed by atoms with Crippen LogP contribution in [0.4, 0.5) is 5.69 Å². The van der Waals surface area contributed by atoms with E-state index in [1.54, 1.807) is 36.6 Å². The van der Waals surface area contributed by atoms with Crippen LogP contribution in [0.25, 0.3) is 10.2 Å². The molecule has 0 radical (unpaired) electrons. The van der Waals surface area contributed by atoms with Crippen molar-refractivity contribution < 1.29 is 14.3 Å². The second kappa shape index (κ2) is 6.27. The van der Waals surface area contributed by atoms with Crippen molar-refractivity contribution in [1.82, 2.24) is 9.55 Å². The number of rotatable bonds is 3. The fraction of sp³-hybridized carbons (Fsp3) is 0.300. The largest absolute Gasteiger partial charge is 0.482 e. The van der Waals surface area contributed by atoms with E-state index in [0.717, 1.165) is 29.7 Å². The zero-order chi connectivity index (χ0) is 19.4. The van der Waals surface area contributed by atoms with Crippen molar-refractivity contribution in [2.24, 2.45) is 0 Å². The van der Waals surface area contributed by atoms with Crippen LogP contribution >= 0.6 is 11.3 Å². The highest BCUT2D eigenvalue weighted by atomic mass is 32.1. The molecule has 28 heavy (non-hydrogen) atoms. The summed E-state index contributed by atoms with van der Waals surface area (Å²) in [5.41, 5.74) is 1.92. The van der Waals surface area contributed by atoms with Crippen LogP contribution in [0.15, 0.2) is 29.3 Å². The van der Waals surface area contributed by atoms with Crippen molar-refractivity contribution in [3.8, 4) is 5.75 Å². The van der Waals surface area contributed by atoms with Crippen LogP contribution in [0.3, 0.4) is 0 Å². The first-order valence-corrected chi connectivity index (χ1v) is 9.91. The molecule has 1 aliphatic carbocycles. The predicted octanol–water partition coefficient (Wildman–Crippen LogP) is 2.18. The quantitative estimate of drug-likeness (QED) is 0.635. The molecule has 2 aromatic heterocycles. The molecule has 0 N–H and O–H groups in total. The van der Waals surface area contributed by atoms with E-state index in [1.165, 1.54) is 20.7 Å². The maximum atomic E-state index is 12.9. The molecular formula is C20H17N3O4S. The van der Waals surface area contributed by atoms with Gasteiger partial charge in [-0.15, -0.1) is 11.3 Å². The molecule has 8 heteroatoms. The Labute approximate surface area is 164 Å². The van der Waals surface area contributed by atoms with Gasteiger partial charge < -0.3 is 9.64 Å². The number of likely N-dealkylation sites (N-methyl/N-ethyl adjacent to an activating group) is 1. The third kappa shape index (κ3) is 2.56. The Bertz CT molecular complexity index is 1210. The van der Waals surface area contributed by atoms with Gasteiger partial charge in [0.2, 0.25) is 0 Å². The first-order valence-electron chi connectivity index (χ1n) is 9.09. The van der Waals surface area contributed by atoms with E-state index in [1.807, 2.05) is 0 Å². The fourth-order valence-corrected chi connectivity index (χ4v) is 5.04. The lowest BCUT2D eigenvalue weighted by molar-refractivity contribution is -0.120. The van der Waals surface area contributed by atoms with E-state index in [2.05, 4.69) is 4.98 Å². The first-order chi connectivity index (χ1) is 13.5. The summed E-state index contributed by atoms with van der Waals surface area (Å²) in [4.78, 5) is 45.5. The first kappa shape index (κ1) is 17.1. The summed E-state index contributed by atoms with van der Waals surface area (Å²) in [6, 6.07) is 4.97. The van der Waals surface area contributed by atoms with Crippen molar-refractivity contribution in [3.05, 3.63) is 50.9 Å². The summed E-state index contributed by atoms with van der Waals surface area (Å²) >= 11 is 1.58. The summed E-state index contributed by atoms with van der Waals surface area (Å²) in [7, 11) is 1.65. The van der Waals surface area contributed by atoms with Gasteiger partial charge in [-0.3, -0.25) is 19.0 Å². The molecule has 142 valence electrons. The monoisotopic (exact) mass is 395 g/mol. The third-order valence-electron chi connectivity index (χ3n) is 5.37. The van der Waals surface area contributed by atoms with Crippen LogP contribution in [0.1, 0.15) is 27.2 Å². The Morgan fingerprint density at radius 3 is 3.00 bits per heavy atom. The highest BCUT2D eigenvalue weighted by Crippen LogP contribution is 2.34. The number of benzene rings is 1. The molecule has 5 rings (SSSR count). The lowest BCUT2D eigenvalue weighted by Gasteiger charge is -2.26. The van der Waals surface area contributed by atoms with E-state index in [0.29, 0.717) is 22.4 Å². The normalized spacial score (nSPS) is 15.5. The van der Waals surface area contributed by atoms with Crippen molar-refractivity contribution in [2.75, 3.05) is 18.6 Å². The van der Waals surface area contributed by atoms with Gasteiger partial charge in [0.25, 0.3) is 11.5 Å². The van der Waals surface area contributed by atoms with Crippen molar-refractivity contribution in [2.45, 2.75) is 25.8 Å². The average molecular weight is 395 g/mol. The van der Waals surface area contributed by atoms with E-state index < -0.39 is 0 Å². The van der Waals surface area contributed by atoms with Gasteiger partial charge in [0, 0.05) is 17.5 Å². The maximum Gasteiger partial charge on any atom is 0.264 e. The van der Waals surface area contributed by atoms with Gasteiger partial charge in [-0.05, 0) is 43.0 Å². The SMILES string of the molecule is CN1C(=O)COc2ccc(C(=O)Cn3cnc4sc5c(c4c3=O)CCC5)cc21. The molecule has 1 aromatic carbocycles. The molecule has 0 atom stereocenters. The molecule has 0 bridgehead atoms. The zero-order valence-electron chi connectivity index (χ0n) is 15.2. The van der Waals surface area contributed by atoms with Crippen molar-refractivity contribution >= 4 is 38.9 Å². The van der Waals surface area contributed by atoms with Crippen LogP contribution in [-0.2, 0) is 24.2 Å². The number of amides is 1. The lowest BCUT2D eigenvalue weighted by Crippen LogP contribution is -2.35. The minimum Gasteiger partial charge on any atom is -0.482 e. The van der Waals surface area contributed by atoms with Gasteiger partial charge in [-0.2, -0.15) is 0 Å². The number of hydrogen-bond acceptors (Lipinski definition) is 6. The number of anilines is 1. The van der Waals surface area contributed by atoms with Gasteiger partial charge in [0.1, 0.15) is 10.6 Å². The molecule has 1 amide bonds. The molecule has 0 saturated heterocycles. The topological polar surface area (TPSA) is 81.5 Å². The number of carbonyl (C=O) groups excluding carboxylic acids is 2. The summed E-state index contributed by atoms with van der Waals surface area (Å²) < 4.78 is 6.77. The number of nitrogens with zero attached hydrogens (tertiary/aromatic N) is 3. The van der Waals surface area contributed by atoms with Gasteiger partial charge in [-0.25, -0.2) is 4.98 Å². The molecule has 3 aromatic rings. The number of Topliss-reactive ketones (excluding diaryl/α,β-unsaturated/α-hetero) is 1. The molecule has 3 heterocycles. The predicted molar refractivity (Wildman–Crippen MR) is 106 cm³/mol. The van der Waals surface area contributed by atoms with Gasteiger partial charge in [-0.1, -0.05) is 0 Å². The minimum absolute atomic E-state index is 0.0111. The standard InChI is InChI=1S/C20H17N3O4S/c1-22-13-7-11(5-6-15(13)27-9-17(22)25)14(24)8-23-10-21-19-18(20(23)26)12-3-2-4-16(12)28-19/h5-7,10H,2-4,8-9H2,1H3. The summed E-state index contributed by atoms with van der Waals surface area (Å²) in [5, 5.41) is 0.664. The molecular weight excluding hydrogens is 378 g/mol. The molecule has 0 spiro atoms. The van der Waals surface area contributed by atoms with Crippen LogP contribution < -0.4 is 15.2 Å². The van der Waals surface area contributed by atoms with E-state index >= 15 is 0 Å². The summed E-state index contributed by atoms with van der Waals surface area (Å²) in [6.07, 6.45) is 4.41. The Balaban J connectivity index is 1.49. The molecule has 1 aliphatic heterocycles. The van der Waals surface area contributed by atoms with Gasteiger partial charge in [0.15, 0.2) is 12.4 Å². The van der Waals surface area contributed by atoms with E-state index in [9.17, 15) is 14.4 Å². The Hall–Kier alpha value is -3.00. The molecule has 7 nitrogen and oxygen atoms in total. The number of fused-ring (bicyclic) bond motifs is 4. The Morgan fingerprint density at radius 2 is 2.14 bits per heavy atom. The zero-order valence-corrected chi connectivity index (χ0v) is 16.0. The molecule has 2 aliphatic rings. The highest BCUT2D eigenvalue weighted by Gasteiger charge is 2.24. The maximum absolute atomic E-state index is 12.9. The molecule has 0 saturated carbocycles. The Morgan fingerprint density at radius 1 is 1.29 bits per heavy atom. The molecule has 0 fully saturated rings. The molecule has 0 unspecified atom stereocenters. The van der Waals surface area contributed by atoms with Crippen LogP contribution in [0.2, 0.25) is 0 Å². The smallest absolute Gasteiger partial charge is 0.264 e. The number of carbonyl (C=O) groups is 2.